The van der Waals surface area contributed by atoms with E-state index in [4.69, 9.17) is 0 Å². The molecule has 0 saturated carbocycles. The third-order valence-corrected chi connectivity index (χ3v) is 2.73. The number of carbonyl (C=O) groups excluding carboxylic acids is 1. The molecule has 0 fully saturated rings. The Balaban J connectivity index is 2.59. The molecule has 2 heteroatoms. The minimum absolute atomic E-state index is 0.760. The summed E-state index contributed by atoms with van der Waals surface area (Å²) < 4.78 is 0. The summed E-state index contributed by atoms with van der Waals surface area (Å²) in [6.45, 7) is 3.97. The summed E-state index contributed by atoms with van der Waals surface area (Å²) in [4.78, 5) is 14.8. The number of hydrogen-bond acceptors (Lipinski definition) is 2. The number of aldehydes is 1. The molecule has 0 saturated heterocycles. The van der Waals surface area contributed by atoms with E-state index in [0.717, 1.165) is 34.1 Å². The van der Waals surface area contributed by atoms with Gasteiger partial charge >= 0.3 is 0 Å². The molecule has 1 heterocycles. The Bertz CT molecular complexity index is 518. The van der Waals surface area contributed by atoms with E-state index in [1.165, 1.54) is 0 Å². The second-order valence-corrected chi connectivity index (χ2v) is 3.88. The van der Waals surface area contributed by atoms with Crippen molar-refractivity contribution in [2.45, 2.75) is 13.8 Å². The van der Waals surface area contributed by atoms with Crippen molar-refractivity contribution in [3.63, 3.8) is 0 Å². The standard InChI is InChI=1S/C14H13NO/c1-10-8-14(11(2)7-13(10)9-16)12-3-5-15-6-4-12/h3-9H,1-2H3. The highest BCUT2D eigenvalue weighted by Crippen LogP contribution is 2.25. The quantitative estimate of drug-likeness (QED) is 0.714. The molecule has 0 aliphatic heterocycles. The molecule has 80 valence electrons. The van der Waals surface area contributed by atoms with Gasteiger partial charge in [-0.2, -0.15) is 0 Å². The van der Waals surface area contributed by atoms with Crippen molar-refractivity contribution in [1.82, 2.24) is 4.98 Å². The van der Waals surface area contributed by atoms with E-state index in [2.05, 4.69) is 11.1 Å². The molecule has 0 aliphatic rings. The van der Waals surface area contributed by atoms with Crippen molar-refractivity contribution in [1.29, 1.82) is 0 Å². The molecule has 0 amide bonds. The average molecular weight is 211 g/mol. The Morgan fingerprint density at radius 3 is 2.38 bits per heavy atom. The van der Waals surface area contributed by atoms with Crippen LogP contribution < -0.4 is 0 Å². The lowest BCUT2D eigenvalue weighted by Crippen LogP contribution is -1.91. The average Bonchev–Trinajstić information content (AvgIpc) is 2.32. The number of carbonyl (C=O) groups is 1. The summed E-state index contributed by atoms with van der Waals surface area (Å²) in [5, 5.41) is 0. The molecule has 0 unspecified atom stereocenters. The van der Waals surface area contributed by atoms with Crippen LogP contribution in [0.25, 0.3) is 11.1 Å². The van der Waals surface area contributed by atoms with E-state index < -0.39 is 0 Å². The maximum absolute atomic E-state index is 10.8. The van der Waals surface area contributed by atoms with Crippen LogP contribution in [0.3, 0.4) is 0 Å². The van der Waals surface area contributed by atoms with Crippen LogP contribution in [0, 0.1) is 13.8 Å². The minimum Gasteiger partial charge on any atom is -0.298 e. The van der Waals surface area contributed by atoms with Gasteiger partial charge in [-0.15, -0.1) is 0 Å². The van der Waals surface area contributed by atoms with Crippen LogP contribution in [-0.2, 0) is 0 Å². The molecule has 0 N–H and O–H groups in total. The molecule has 0 spiro atoms. The zero-order chi connectivity index (χ0) is 11.5. The second-order valence-electron chi connectivity index (χ2n) is 3.88. The van der Waals surface area contributed by atoms with Gasteiger partial charge in [-0.25, -0.2) is 0 Å². The fourth-order valence-electron chi connectivity index (χ4n) is 1.81. The molecular weight excluding hydrogens is 198 g/mol. The lowest BCUT2D eigenvalue weighted by molar-refractivity contribution is 0.112. The number of aromatic nitrogens is 1. The van der Waals surface area contributed by atoms with Gasteiger partial charge in [0.1, 0.15) is 6.29 Å². The van der Waals surface area contributed by atoms with Crippen LogP contribution in [0.2, 0.25) is 0 Å². The van der Waals surface area contributed by atoms with Crippen molar-refractivity contribution in [3.05, 3.63) is 53.3 Å². The third kappa shape index (κ3) is 1.87. The maximum atomic E-state index is 10.8. The van der Waals surface area contributed by atoms with Crippen LogP contribution in [0.15, 0.2) is 36.7 Å². The SMILES string of the molecule is Cc1cc(-c2ccncc2)c(C)cc1C=O. The summed E-state index contributed by atoms with van der Waals surface area (Å²) >= 11 is 0. The van der Waals surface area contributed by atoms with Gasteiger partial charge in [-0.05, 0) is 54.3 Å². The van der Waals surface area contributed by atoms with Crippen LogP contribution >= 0.6 is 0 Å². The van der Waals surface area contributed by atoms with Crippen molar-refractivity contribution in [2.24, 2.45) is 0 Å². The second kappa shape index (κ2) is 4.27. The predicted molar refractivity (Wildman–Crippen MR) is 64.5 cm³/mol. The molecule has 1 aromatic heterocycles. The molecule has 1 aromatic carbocycles. The van der Waals surface area contributed by atoms with Gasteiger partial charge in [0, 0.05) is 18.0 Å². The fourth-order valence-corrected chi connectivity index (χ4v) is 1.81. The molecule has 2 aromatic rings. The number of aryl methyl sites for hydroxylation is 2. The predicted octanol–water partition coefficient (Wildman–Crippen LogP) is 3.18. The first kappa shape index (κ1) is 10.6. The van der Waals surface area contributed by atoms with Gasteiger partial charge in [-0.3, -0.25) is 9.78 Å². The lowest BCUT2D eigenvalue weighted by Gasteiger charge is -2.09. The maximum Gasteiger partial charge on any atom is 0.150 e. The lowest BCUT2D eigenvalue weighted by atomic mass is 9.96. The summed E-state index contributed by atoms with van der Waals surface area (Å²) in [6.07, 6.45) is 4.45. The Hall–Kier alpha value is -1.96. The van der Waals surface area contributed by atoms with E-state index in [1.807, 2.05) is 32.0 Å². The van der Waals surface area contributed by atoms with Crippen molar-refractivity contribution >= 4 is 6.29 Å². The van der Waals surface area contributed by atoms with Gasteiger partial charge in [-0.1, -0.05) is 6.07 Å². The Labute approximate surface area is 95.0 Å². The molecule has 2 nitrogen and oxygen atoms in total. The van der Waals surface area contributed by atoms with Crippen molar-refractivity contribution in [3.8, 4) is 11.1 Å². The highest BCUT2D eigenvalue weighted by molar-refractivity contribution is 5.81. The Morgan fingerprint density at radius 2 is 1.75 bits per heavy atom. The van der Waals surface area contributed by atoms with Crippen LogP contribution in [-0.4, -0.2) is 11.3 Å². The van der Waals surface area contributed by atoms with E-state index in [0.29, 0.717) is 0 Å². The zero-order valence-electron chi connectivity index (χ0n) is 9.40. The summed E-state index contributed by atoms with van der Waals surface area (Å²) in [7, 11) is 0. The molecule has 16 heavy (non-hydrogen) atoms. The minimum atomic E-state index is 0.760. The van der Waals surface area contributed by atoms with Gasteiger partial charge < -0.3 is 0 Å². The summed E-state index contributed by atoms with van der Waals surface area (Å²) in [6, 6.07) is 7.93. The fraction of sp³-hybridized carbons (Fsp3) is 0.143. The molecule has 0 aliphatic carbocycles. The monoisotopic (exact) mass is 211 g/mol. The third-order valence-electron chi connectivity index (χ3n) is 2.73. The number of nitrogens with zero attached hydrogens (tertiary/aromatic N) is 1. The van der Waals surface area contributed by atoms with E-state index in [9.17, 15) is 4.79 Å². The molecular formula is C14H13NO. The van der Waals surface area contributed by atoms with Gasteiger partial charge in [0.25, 0.3) is 0 Å². The van der Waals surface area contributed by atoms with Gasteiger partial charge in [0.2, 0.25) is 0 Å². The first-order chi connectivity index (χ1) is 7.72. The van der Waals surface area contributed by atoms with Crippen LogP contribution in [0.5, 0.6) is 0 Å². The smallest absolute Gasteiger partial charge is 0.150 e. The first-order valence-corrected chi connectivity index (χ1v) is 5.19. The topological polar surface area (TPSA) is 30.0 Å². The summed E-state index contributed by atoms with van der Waals surface area (Å²) in [5.41, 5.74) is 5.17. The zero-order valence-corrected chi connectivity index (χ0v) is 9.40. The Morgan fingerprint density at radius 1 is 1.06 bits per heavy atom. The van der Waals surface area contributed by atoms with Crippen LogP contribution in [0.4, 0.5) is 0 Å². The van der Waals surface area contributed by atoms with Crippen molar-refractivity contribution in [2.75, 3.05) is 0 Å². The number of rotatable bonds is 2. The van der Waals surface area contributed by atoms with Gasteiger partial charge in [0.15, 0.2) is 0 Å². The van der Waals surface area contributed by atoms with E-state index in [1.54, 1.807) is 12.4 Å². The molecule has 2 rings (SSSR count). The normalized spacial score (nSPS) is 10.1. The van der Waals surface area contributed by atoms with Gasteiger partial charge in [0.05, 0.1) is 0 Å². The number of benzene rings is 1. The van der Waals surface area contributed by atoms with Crippen LogP contribution in [0.1, 0.15) is 21.5 Å². The van der Waals surface area contributed by atoms with Crippen molar-refractivity contribution < 1.29 is 4.79 Å². The first-order valence-electron chi connectivity index (χ1n) is 5.19. The Kier molecular flexibility index (Phi) is 2.82. The van der Waals surface area contributed by atoms with E-state index in [-0.39, 0.29) is 0 Å². The highest BCUT2D eigenvalue weighted by atomic mass is 16.1. The number of hydrogen-bond donors (Lipinski definition) is 0. The highest BCUT2D eigenvalue weighted by Gasteiger charge is 2.05. The molecule has 0 radical (unpaired) electrons. The molecule has 0 atom stereocenters. The largest absolute Gasteiger partial charge is 0.298 e. The summed E-state index contributed by atoms with van der Waals surface area (Å²) in [5.74, 6) is 0. The number of pyridine rings is 1. The molecule has 0 bridgehead atoms. The van der Waals surface area contributed by atoms with E-state index >= 15 is 0 Å².